The molecule has 1 aromatic heterocycles. The molecule has 0 saturated heterocycles. The van der Waals surface area contributed by atoms with Gasteiger partial charge in [-0.2, -0.15) is 5.10 Å². The minimum Gasteiger partial charge on any atom is -0.328 e. The van der Waals surface area contributed by atoms with Crippen molar-refractivity contribution in [3.63, 3.8) is 0 Å². The fourth-order valence-corrected chi connectivity index (χ4v) is 2.66. The highest BCUT2D eigenvalue weighted by Gasteiger charge is 2.11. The average Bonchev–Trinajstić information content (AvgIpc) is 2.61. The van der Waals surface area contributed by atoms with Gasteiger partial charge in [-0.15, -0.1) is 0 Å². The Labute approximate surface area is 118 Å². The minimum atomic E-state index is 0.348. The third kappa shape index (κ3) is 5.35. The molecule has 0 radical (unpaired) electrons. The highest BCUT2D eigenvalue weighted by atomic mass is 15.3. The lowest BCUT2D eigenvalue weighted by atomic mass is 9.99. The second kappa shape index (κ2) is 8.36. The summed E-state index contributed by atoms with van der Waals surface area (Å²) in [7, 11) is 2.01. The third-order valence-electron chi connectivity index (χ3n) is 4.10. The summed E-state index contributed by atoms with van der Waals surface area (Å²) in [5, 5.41) is 4.46. The van der Waals surface area contributed by atoms with E-state index in [1.165, 1.54) is 49.8 Å². The van der Waals surface area contributed by atoms with Crippen LogP contribution in [0.5, 0.6) is 0 Å². The topological polar surface area (TPSA) is 43.8 Å². The number of hydrogen-bond donors (Lipinski definition) is 1. The fourth-order valence-electron chi connectivity index (χ4n) is 2.66. The number of aryl methyl sites for hydroxylation is 2. The smallest absolute Gasteiger partial charge is 0.0628 e. The Morgan fingerprint density at radius 3 is 2.37 bits per heavy atom. The van der Waals surface area contributed by atoms with Crippen LogP contribution in [-0.2, 0) is 13.5 Å². The monoisotopic (exact) mass is 265 g/mol. The molecule has 2 N–H and O–H groups in total. The Morgan fingerprint density at radius 2 is 1.79 bits per heavy atom. The van der Waals surface area contributed by atoms with Gasteiger partial charge in [0.2, 0.25) is 0 Å². The van der Waals surface area contributed by atoms with Crippen LogP contribution in [0, 0.1) is 13.8 Å². The summed E-state index contributed by atoms with van der Waals surface area (Å²) >= 11 is 0. The van der Waals surface area contributed by atoms with Gasteiger partial charge in [-0.05, 0) is 38.7 Å². The van der Waals surface area contributed by atoms with Crippen molar-refractivity contribution in [1.29, 1.82) is 0 Å². The van der Waals surface area contributed by atoms with Gasteiger partial charge in [-0.1, -0.05) is 39.0 Å². The molecule has 0 saturated carbocycles. The highest BCUT2D eigenvalue weighted by molar-refractivity contribution is 5.24. The van der Waals surface area contributed by atoms with Gasteiger partial charge < -0.3 is 5.73 Å². The van der Waals surface area contributed by atoms with Crippen LogP contribution < -0.4 is 5.73 Å². The quantitative estimate of drug-likeness (QED) is 0.692. The average molecular weight is 265 g/mol. The lowest BCUT2D eigenvalue weighted by Gasteiger charge is -2.11. The molecule has 1 heterocycles. The summed E-state index contributed by atoms with van der Waals surface area (Å²) in [6, 6.07) is 0.348. The van der Waals surface area contributed by atoms with E-state index in [0.717, 1.165) is 18.5 Å². The zero-order valence-electron chi connectivity index (χ0n) is 13.2. The first-order valence-corrected chi connectivity index (χ1v) is 7.80. The molecule has 1 rings (SSSR count). The lowest BCUT2D eigenvalue weighted by Crippen LogP contribution is -2.20. The van der Waals surface area contributed by atoms with Gasteiger partial charge >= 0.3 is 0 Å². The van der Waals surface area contributed by atoms with E-state index < -0.39 is 0 Å². The molecule has 0 amide bonds. The predicted molar refractivity (Wildman–Crippen MR) is 82.4 cm³/mol. The fraction of sp³-hybridized carbons (Fsp3) is 0.812. The molecule has 0 bridgehead atoms. The minimum absolute atomic E-state index is 0.348. The van der Waals surface area contributed by atoms with Crippen LogP contribution in [0.4, 0.5) is 0 Å². The van der Waals surface area contributed by atoms with Crippen molar-refractivity contribution in [2.45, 2.75) is 78.2 Å². The van der Waals surface area contributed by atoms with E-state index in [2.05, 4.69) is 25.9 Å². The van der Waals surface area contributed by atoms with E-state index in [0.29, 0.717) is 6.04 Å². The van der Waals surface area contributed by atoms with Crippen LogP contribution in [0.25, 0.3) is 0 Å². The zero-order chi connectivity index (χ0) is 14.3. The maximum atomic E-state index is 6.22. The number of unbranched alkanes of at least 4 members (excludes halogenated alkanes) is 4. The Balaban J connectivity index is 2.24. The summed E-state index contributed by atoms with van der Waals surface area (Å²) in [4.78, 5) is 0. The number of hydrogen-bond acceptors (Lipinski definition) is 2. The molecular formula is C16H31N3. The summed E-state index contributed by atoms with van der Waals surface area (Å²) in [6.45, 7) is 6.49. The van der Waals surface area contributed by atoms with Gasteiger partial charge in [0.15, 0.2) is 0 Å². The van der Waals surface area contributed by atoms with E-state index in [1.807, 2.05) is 11.7 Å². The molecule has 1 atom stereocenters. The second-order valence-electron chi connectivity index (χ2n) is 5.77. The van der Waals surface area contributed by atoms with Crippen LogP contribution >= 0.6 is 0 Å². The number of nitrogens with zero attached hydrogens (tertiary/aromatic N) is 2. The second-order valence-corrected chi connectivity index (χ2v) is 5.77. The van der Waals surface area contributed by atoms with E-state index in [4.69, 9.17) is 5.73 Å². The van der Waals surface area contributed by atoms with Gasteiger partial charge in [-0.3, -0.25) is 4.68 Å². The molecule has 1 aromatic rings. The first kappa shape index (κ1) is 16.2. The van der Waals surface area contributed by atoms with Crippen molar-refractivity contribution < 1.29 is 0 Å². The molecule has 19 heavy (non-hydrogen) atoms. The molecule has 3 heteroatoms. The predicted octanol–water partition coefficient (Wildman–Crippen LogP) is 3.66. The van der Waals surface area contributed by atoms with Gasteiger partial charge in [0.25, 0.3) is 0 Å². The maximum absolute atomic E-state index is 6.22. The summed E-state index contributed by atoms with van der Waals surface area (Å²) in [5.74, 6) is 0. The number of aromatic nitrogens is 2. The van der Waals surface area contributed by atoms with Crippen molar-refractivity contribution >= 4 is 0 Å². The molecule has 0 aromatic carbocycles. The van der Waals surface area contributed by atoms with Crippen molar-refractivity contribution in [1.82, 2.24) is 9.78 Å². The van der Waals surface area contributed by atoms with Crippen molar-refractivity contribution in [2.24, 2.45) is 12.8 Å². The molecule has 0 fully saturated rings. The van der Waals surface area contributed by atoms with Crippen LogP contribution in [0.1, 0.15) is 68.8 Å². The standard InChI is InChI=1S/C16H31N3/c1-5-6-7-8-9-10-15(17)11-12-16-13(2)18-19(4)14(16)3/h15H,5-12,17H2,1-4H3. The Kier molecular flexibility index (Phi) is 7.14. The molecule has 1 unspecified atom stereocenters. The van der Waals surface area contributed by atoms with E-state index >= 15 is 0 Å². The van der Waals surface area contributed by atoms with Crippen LogP contribution in [0.3, 0.4) is 0 Å². The zero-order valence-corrected chi connectivity index (χ0v) is 13.2. The normalized spacial score (nSPS) is 12.9. The van der Waals surface area contributed by atoms with Crippen molar-refractivity contribution in [3.05, 3.63) is 17.0 Å². The van der Waals surface area contributed by atoms with Crippen LogP contribution in [0.2, 0.25) is 0 Å². The Bertz CT molecular complexity index is 368. The van der Waals surface area contributed by atoms with E-state index in [9.17, 15) is 0 Å². The van der Waals surface area contributed by atoms with Crippen molar-refractivity contribution in [2.75, 3.05) is 0 Å². The molecule has 3 nitrogen and oxygen atoms in total. The molecule has 110 valence electrons. The molecule has 0 aliphatic carbocycles. The Morgan fingerprint density at radius 1 is 1.11 bits per heavy atom. The van der Waals surface area contributed by atoms with Gasteiger partial charge in [0, 0.05) is 18.8 Å². The Hall–Kier alpha value is -0.830. The van der Waals surface area contributed by atoms with Crippen LogP contribution in [0.15, 0.2) is 0 Å². The van der Waals surface area contributed by atoms with Crippen molar-refractivity contribution in [3.8, 4) is 0 Å². The third-order valence-corrected chi connectivity index (χ3v) is 4.10. The van der Waals surface area contributed by atoms with Crippen LogP contribution in [-0.4, -0.2) is 15.8 Å². The molecule has 0 aliphatic rings. The van der Waals surface area contributed by atoms with Gasteiger partial charge in [0.1, 0.15) is 0 Å². The highest BCUT2D eigenvalue weighted by Crippen LogP contribution is 2.16. The number of nitrogens with two attached hydrogens (primary N) is 1. The maximum Gasteiger partial charge on any atom is 0.0628 e. The van der Waals surface area contributed by atoms with Gasteiger partial charge in [-0.25, -0.2) is 0 Å². The summed E-state index contributed by atoms with van der Waals surface area (Å²) in [6.07, 6.45) is 9.99. The lowest BCUT2D eigenvalue weighted by molar-refractivity contribution is 0.515. The molecule has 0 spiro atoms. The molecule has 0 aliphatic heterocycles. The first-order valence-electron chi connectivity index (χ1n) is 7.80. The first-order chi connectivity index (χ1) is 9.06. The SMILES string of the molecule is CCCCCCCC(N)CCc1c(C)nn(C)c1C. The van der Waals surface area contributed by atoms with E-state index in [1.54, 1.807) is 0 Å². The summed E-state index contributed by atoms with van der Waals surface area (Å²) in [5.41, 5.74) is 10.1. The van der Waals surface area contributed by atoms with Gasteiger partial charge in [0.05, 0.1) is 5.69 Å². The van der Waals surface area contributed by atoms with E-state index in [-0.39, 0.29) is 0 Å². The molecular weight excluding hydrogens is 234 g/mol. The largest absolute Gasteiger partial charge is 0.328 e. The summed E-state index contributed by atoms with van der Waals surface area (Å²) < 4.78 is 1.97. The number of rotatable bonds is 9.